The predicted molar refractivity (Wildman–Crippen MR) is 150 cm³/mol. The van der Waals surface area contributed by atoms with Crippen LogP contribution in [-0.2, 0) is 20.0 Å². The Morgan fingerprint density at radius 3 is 2.34 bits per heavy atom. The fourth-order valence-electron chi connectivity index (χ4n) is 3.36. The zero-order chi connectivity index (χ0) is 27.3. The molecule has 0 fully saturated rings. The Morgan fingerprint density at radius 1 is 1.00 bits per heavy atom. The average molecular weight is 589 g/mol. The zero-order valence-corrected chi connectivity index (χ0v) is 22.8. The van der Waals surface area contributed by atoms with Crippen LogP contribution in [0.1, 0.15) is 10.4 Å². The summed E-state index contributed by atoms with van der Waals surface area (Å²) in [6.45, 7) is 3.65. The van der Waals surface area contributed by atoms with Crippen molar-refractivity contribution in [3.63, 3.8) is 0 Å². The van der Waals surface area contributed by atoms with E-state index < -0.39 is 26.0 Å². The lowest BCUT2D eigenvalue weighted by molar-refractivity contribution is 0.102. The Bertz CT molecular complexity index is 1660. The molecule has 3 aromatic carbocycles. The maximum atomic E-state index is 13.4. The number of aromatic nitrogens is 1. The molecule has 0 saturated heterocycles. The van der Waals surface area contributed by atoms with Crippen molar-refractivity contribution in [1.29, 1.82) is 0 Å². The van der Waals surface area contributed by atoms with Gasteiger partial charge in [-0.3, -0.25) is 13.8 Å². The van der Waals surface area contributed by atoms with Crippen molar-refractivity contribution >= 4 is 65.4 Å². The molecule has 2 N–H and O–H groups in total. The van der Waals surface area contributed by atoms with Crippen LogP contribution in [0.3, 0.4) is 0 Å². The Morgan fingerprint density at radius 2 is 1.71 bits per heavy atom. The van der Waals surface area contributed by atoms with Gasteiger partial charge >= 0.3 is 0 Å². The third-order valence-corrected chi connectivity index (χ3v) is 9.38. The molecule has 0 radical (unpaired) electrons. The SMILES string of the molecule is C=CCN(c1ccc(Cl)cc1)S(=O)(=O)c1cccc(C(=O)Nc2ccc(S(=O)(=O)Nc3nccs3)cc2)c1. The molecule has 0 aliphatic rings. The Balaban J connectivity index is 1.53. The lowest BCUT2D eigenvalue weighted by Gasteiger charge is -2.23. The number of carbonyl (C=O) groups is 1. The first-order valence-electron chi connectivity index (χ1n) is 10.9. The number of hydrogen-bond donors (Lipinski definition) is 2. The van der Waals surface area contributed by atoms with Crippen molar-refractivity contribution in [2.45, 2.75) is 9.79 Å². The van der Waals surface area contributed by atoms with Crippen molar-refractivity contribution in [2.24, 2.45) is 0 Å². The van der Waals surface area contributed by atoms with Gasteiger partial charge in [-0.2, -0.15) is 0 Å². The molecule has 13 heteroatoms. The van der Waals surface area contributed by atoms with Gasteiger partial charge in [0.1, 0.15) is 0 Å². The quantitative estimate of drug-likeness (QED) is 0.244. The van der Waals surface area contributed by atoms with Gasteiger partial charge < -0.3 is 5.32 Å². The highest BCUT2D eigenvalue weighted by Crippen LogP contribution is 2.26. The highest BCUT2D eigenvalue weighted by atomic mass is 35.5. The van der Waals surface area contributed by atoms with E-state index in [0.29, 0.717) is 16.4 Å². The molecule has 1 heterocycles. The standard InChI is InChI=1S/C25H21ClN4O5S3/c1-2-15-30(21-10-6-19(26)7-11-21)38(34,35)23-5-3-4-18(17-23)24(31)28-20-8-12-22(13-9-20)37(32,33)29-25-27-14-16-36-25/h2-14,16-17H,1,15H2,(H,27,29)(H,28,31). The number of nitrogens with zero attached hydrogens (tertiary/aromatic N) is 2. The highest BCUT2D eigenvalue weighted by Gasteiger charge is 2.25. The van der Waals surface area contributed by atoms with Crippen LogP contribution in [0, 0.1) is 0 Å². The van der Waals surface area contributed by atoms with E-state index in [4.69, 9.17) is 11.6 Å². The number of rotatable bonds is 10. The summed E-state index contributed by atoms with van der Waals surface area (Å²) in [5.74, 6) is -0.569. The fourth-order valence-corrected chi connectivity index (χ4v) is 6.76. The lowest BCUT2D eigenvalue weighted by Crippen LogP contribution is -2.31. The van der Waals surface area contributed by atoms with E-state index in [0.717, 1.165) is 15.6 Å². The van der Waals surface area contributed by atoms with E-state index in [2.05, 4.69) is 21.6 Å². The number of benzene rings is 3. The van der Waals surface area contributed by atoms with Gasteiger partial charge in [-0.05, 0) is 66.7 Å². The summed E-state index contributed by atoms with van der Waals surface area (Å²) in [6.07, 6.45) is 2.94. The maximum absolute atomic E-state index is 13.4. The average Bonchev–Trinajstić information content (AvgIpc) is 3.40. The van der Waals surface area contributed by atoms with Crippen molar-refractivity contribution in [1.82, 2.24) is 4.98 Å². The van der Waals surface area contributed by atoms with Gasteiger partial charge in [-0.25, -0.2) is 21.8 Å². The molecule has 0 atom stereocenters. The van der Waals surface area contributed by atoms with Crippen LogP contribution in [0.15, 0.2) is 107 Å². The first kappa shape index (κ1) is 27.3. The zero-order valence-electron chi connectivity index (χ0n) is 19.6. The van der Waals surface area contributed by atoms with E-state index in [1.165, 1.54) is 60.8 Å². The molecule has 9 nitrogen and oxygen atoms in total. The van der Waals surface area contributed by atoms with Gasteiger partial charge in [0.15, 0.2) is 5.13 Å². The van der Waals surface area contributed by atoms with Gasteiger partial charge in [-0.1, -0.05) is 23.7 Å². The van der Waals surface area contributed by atoms with E-state index in [1.54, 1.807) is 29.6 Å². The normalized spacial score (nSPS) is 11.5. The molecule has 4 aromatic rings. The number of carbonyl (C=O) groups excluding carboxylic acids is 1. The van der Waals surface area contributed by atoms with Crippen LogP contribution in [0.5, 0.6) is 0 Å². The first-order valence-corrected chi connectivity index (χ1v) is 15.1. The van der Waals surface area contributed by atoms with Crippen LogP contribution in [0.4, 0.5) is 16.5 Å². The number of sulfonamides is 2. The molecule has 0 unspecified atom stereocenters. The molecule has 1 amide bonds. The third-order valence-electron chi connectivity index (χ3n) is 5.17. The summed E-state index contributed by atoms with van der Waals surface area (Å²) in [5.41, 5.74) is 0.817. The van der Waals surface area contributed by atoms with Crippen molar-refractivity contribution in [3.8, 4) is 0 Å². The third kappa shape index (κ3) is 6.22. The molecule has 0 spiro atoms. The lowest BCUT2D eigenvalue weighted by atomic mass is 10.2. The minimum absolute atomic E-state index is 0.00699. The van der Waals surface area contributed by atoms with E-state index >= 15 is 0 Å². The van der Waals surface area contributed by atoms with E-state index in [-0.39, 0.29) is 27.0 Å². The molecule has 0 aliphatic carbocycles. The second kappa shape index (κ2) is 11.4. The van der Waals surface area contributed by atoms with Gasteiger partial charge in [0.25, 0.3) is 26.0 Å². The number of nitrogens with one attached hydrogen (secondary N) is 2. The first-order chi connectivity index (χ1) is 18.1. The number of halogens is 1. The Hall–Kier alpha value is -3.71. The van der Waals surface area contributed by atoms with Gasteiger partial charge in [0.05, 0.1) is 22.0 Å². The smallest absolute Gasteiger partial charge is 0.264 e. The number of thiazole rings is 1. The summed E-state index contributed by atoms with van der Waals surface area (Å²) in [7, 11) is -7.88. The van der Waals surface area contributed by atoms with Gasteiger partial charge in [0.2, 0.25) is 0 Å². The largest absolute Gasteiger partial charge is 0.322 e. The molecule has 0 aliphatic heterocycles. The monoisotopic (exact) mass is 588 g/mol. The second-order valence-corrected chi connectivity index (χ2v) is 12.6. The minimum Gasteiger partial charge on any atom is -0.322 e. The Labute approximate surface area is 229 Å². The van der Waals surface area contributed by atoms with E-state index in [9.17, 15) is 21.6 Å². The van der Waals surface area contributed by atoms with Crippen LogP contribution in [0.2, 0.25) is 5.02 Å². The predicted octanol–water partition coefficient (Wildman–Crippen LogP) is 5.23. The van der Waals surface area contributed by atoms with Crippen molar-refractivity contribution in [2.75, 3.05) is 20.9 Å². The van der Waals surface area contributed by atoms with Gasteiger partial charge in [0, 0.05) is 27.9 Å². The van der Waals surface area contributed by atoms with Crippen molar-refractivity contribution in [3.05, 3.63) is 108 Å². The summed E-state index contributed by atoms with van der Waals surface area (Å²) in [4.78, 5) is 16.7. The highest BCUT2D eigenvalue weighted by molar-refractivity contribution is 7.93. The summed E-state index contributed by atoms with van der Waals surface area (Å²) in [6, 6.07) is 17.5. The maximum Gasteiger partial charge on any atom is 0.264 e. The molecule has 4 rings (SSSR count). The molecular weight excluding hydrogens is 568 g/mol. The second-order valence-electron chi connectivity index (χ2n) is 7.75. The topological polar surface area (TPSA) is 126 Å². The number of anilines is 3. The van der Waals surface area contributed by atoms with Gasteiger partial charge in [-0.15, -0.1) is 17.9 Å². The molecule has 0 bridgehead atoms. The molecule has 1 aromatic heterocycles. The van der Waals surface area contributed by atoms with Crippen LogP contribution in [0.25, 0.3) is 0 Å². The number of hydrogen-bond acceptors (Lipinski definition) is 7. The molecular formula is C25H21ClN4O5S3. The number of amides is 1. The van der Waals surface area contributed by atoms with Crippen LogP contribution >= 0.6 is 22.9 Å². The molecule has 38 heavy (non-hydrogen) atoms. The van der Waals surface area contributed by atoms with Crippen LogP contribution < -0.4 is 14.3 Å². The minimum atomic E-state index is -4.04. The van der Waals surface area contributed by atoms with E-state index in [1.807, 2.05) is 0 Å². The van der Waals surface area contributed by atoms with Crippen molar-refractivity contribution < 1.29 is 21.6 Å². The van der Waals surface area contributed by atoms with Crippen LogP contribution in [-0.4, -0.2) is 34.3 Å². The summed E-state index contributed by atoms with van der Waals surface area (Å²) in [5, 5.41) is 4.99. The molecule has 196 valence electrons. The fraction of sp³-hybridized carbons (Fsp3) is 0.0400. The molecule has 0 saturated carbocycles. The Kier molecular flexibility index (Phi) is 8.17. The summed E-state index contributed by atoms with van der Waals surface area (Å²) < 4.78 is 55.4. The summed E-state index contributed by atoms with van der Waals surface area (Å²) >= 11 is 7.08.